The number of anilines is 1. The molecule has 8 heteroatoms. The van der Waals surface area contributed by atoms with Gasteiger partial charge in [-0.15, -0.1) is 0 Å². The van der Waals surface area contributed by atoms with Crippen LogP contribution in [0.5, 0.6) is 0 Å². The molecule has 2 heterocycles. The summed E-state index contributed by atoms with van der Waals surface area (Å²) >= 11 is 0. The lowest BCUT2D eigenvalue weighted by molar-refractivity contribution is -0.116. The predicted octanol–water partition coefficient (Wildman–Crippen LogP) is 2.68. The molecule has 1 aliphatic rings. The maximum atomic E-state index is 13.7. The number of hydrogen-bond acceptors (Lipinski definition) is 3. The van der Waals surface area contributed by atoms with Crippen molar-refractivity contribution in [1.29, 1.82) is 0 Å². The first-order valence-electron chi connectivity index (χ1n) is 8.87. The van der Waals surface area contributed by atoms with Crippen LogP contribution >= 0.6 is 0 Å². The molecule has 0 atom stereocenters. The van der Waals surface area contributed by atoms with E-state index in [0.29, 0.717) is 5.52 Å². The SMILES string of the molecule is O=C(Cn1ccn2nc3c(c2c1=O)CCCCC3)Nc1cc(F)ccc1F. The van der Waals surface area contributed by atoms with E-state index < -0.39 is 17.5 Å². The summed E-state index contributed by atoms with van der Waals surface area (Å²) in [5.41, 5.74) is 1.80. The zero-order valence-electron chi connectivity index (χ0n) is 14.5. The summed E-state index contributed by atoms with van der Waals surface area (Å²) < 4.78 is 29.7. The highest BCUT2D eigenvalue weighted by atomic mass is 19.1. The Hall–Kier alpha value is -3.03. The van der Waals surface area contributed by atoms with Crippen molar-refractivity contribution in [1.82, 2.24) is 14.2 Å². The molecule has 1 N–H and O–H groups in total. The third-order valence-electron chi connectivity index (χ3n) is 4.80. The Morgan fingerprint density at radius 2 is 1.96 bits per heavy atom. The Balaban J connectivity index is 1.63. The molecule has 6 nitrogen and oxygen atoms in total. The first-order chi connectivity index (χ1) is 13.0. The summed E-state index contributed by atoms with van der Waals surface area (Å²) in [7, 11) is 0. The first-order valence-corrected chi connectivity index (χ1v) is 8.87. The normalized spacial score (nSPS) is 14.0. The molecule has 3 aromatic rings. The van der Waals surface area contributed by atoms with E-state index in [2.05, 4.69) is 10.4 Å². The minimum atomic E-state index is -0.742. The third kappa shape index (κ3) is 3.34. The lowest BCUT2D eigenvalue weighted by Crippen LogP contribution is -2.28. The van der Waals surface area contributed by atoms with Crippen LogP contribution in [0.2, 0.25) is 0 Å². The van der Waals surface area contributed by atoms with Crippen LogP contribution in [-0.4, -0.2) is 20.1 Å². The molecule has 1 amide bonds. The van der Waals surface area contributed by atoms with Gasteiger partial charge in [0.15, 0.2) is 0 Å². The third-order valence-corrected chi connectivity index (χ3v) is 4.80. The van der Waals surface area contributed by atoms with Gasteiger partial charge < -0.3 is 9.88 Å². The second-order valence-corrected chi connectivity index (χ2v) is 6.68. The fourth-order valence-electron chi connectivity index (χ4n) is 3.49. The fraction of sp³-hybridized carbons (Fsp3) is 0.316. The van der Waals surface area contributed by atoms with Crippen molar-refractivity contribution in [3.63, 3.8) is 0 Å². The summed E-state index contributed by atoms with van der Waals surface area (Å²) in [4.78, 5) is 25.1. The van der Waals surface area contributed by atoms with Crippen LogP contribution in [0.15, 0.2) is 35.4 Å². The Bertz CT molecular complexity index is 1090. The molecule has 0 saturated heterocycles. The number of hydrogen-bond donors (Lipinski definition) is 1. The molecule has 27 heavy (non-hydrogen) atoms. The van der Waals surface area contributed by atoms with E-state index in [1.807, 2.05) is 0 Å². The highest BCUT2D eigenvalue weighted by Crippen LogP contribution is 2.22. The number of amides is 1. The van der Waals surface area contributed by atoms with Gasteiger partial charge in [0.05, 0.1) is 11.4 Å². The van der Waals surface area contributed by atoms with Crippen molar-refractivity contribution in [2.45, 2.75) is 38.6 Å². The van der Waals surface area contributed by atoms with E-state index in [0.717, 1.165) is 61.6 Å². The summed E-state index contributed by atoms with van der Waals surface area (Å²) in [5, 5.41) is 6.80. The maximum Gasteiger partial charge on any atom is 0.277 e. The van der Waals surface area contributed by atoms with Crippen molar-refractivity contribution in [3.8, 4) is 0 Å². The van der Waals surface area contributed by atoms with Gasteiger partial charge in [-0.05, 0) is 37.8 Å². The van der Waals surface area contributed by atoms with Crippen LogP contribution in [0, 0.1) is 11.6 Å². The molecule has 0 fully saturated rings. The Kier molecular flexibility index (Phi) is 4.47. The standard InChI is InChI=1S/C19H18F2N4O2/c20-12-6-7-14(21)16(10-12)22-17(26)11-24-8-9-25-18(19(24)27)13-4-2-1-3-5-15(13)23-25/h6-10H,1-5,11H2,(H,22,26). The fourth-order valence-corrected chi connectivity index (χ4v) is 3.49. The molecule has 140 valence electrons. The molecular formula is C19H18F2N4O2. The van der Waals surface area contributed by atoms with Gasteiger partial charge in [0.1, 0.15) is 23.7 Å². The molecule has 1 aromatic carbocycles. The van der Waals surface area contributed by atoms with Gasteiger partial charge in [-0.25, -0.2) is 13.3 Å². The first kappa shape index (κ1) is 17.4. The number of rotatable bonds is 3. The molecule has 0 radical (unpaired) electrons. The Morgan fingerprint density at radius 3 is 2.81 bits per heavy atom. The largest absolute Gasteiger partial charge is 0.322 e. The van der Waals surface area contributed by atoms with E-state index in [4.69, 9.17) is 0 Å². The van der Waals surface area contributed by atoms with E-state index in [9.17, 15) is 18.4 Å². The minimum absolute atomic E-state index is 0.257. The lowest BCUT2D eigenvalue weighted by Gasteiger charge is -2.09. The molecule has 0 aliphatic heterocycles. The zero-order chi connectivity index (χ0) is 19.0. The molecular weight excluding hydrogens is 354 g/mol. The van der Waals surface area contributed by atoms with E-state index in [1.54, 1.807) is 10.7 Å². The molecule has 0 unspecified atom stereocenters. The minimum Gasteiger partial charge on any atom is -0.322 e. The van der Waals surface area contributed by atoms with Crippen LogP contribution in [0.4, 0.5) is 14.5 Å². The molecule has 2 aromatic heterocycles. The van der Waals surface area contributed by atoms with Crippen molar-refractivity contribution >= 4 is 17.1 Å². The number of aryl methyl sites for hydroxylation is 2. The van der Waals surface area contributed by atoms with Gasteiger partial charge in [0.25, 0.3) is 5.56 Å². The van der Waals surface area contributed by atoms with Crippen LogP contribution in [0.25, 0.3) is 5.52 Å². The highest BCUT2D eigenvalue weighted by Gasteiger charge is 2.19. The molecule has 0 bridgehead atoms. The van der Waals surface area contributed by atoms with Gasteiger partial charge in [-0.2, -0.15) is 5.10 Å². The number of carbonyl (C=O) groups is 1. The molecule has 0 spiro atoms. The Labute approximate surface area is 153 Å². The Morgan fingerprint density at radius 1 is 1.15 bits per heavy atom. The van der Waals surface area contributed by atoms with Gasteiger partial charge in [0, 0.05) is 24.0 Å². The second-order valence-electron chi connectivity index (χ2n) is 6.68. The summed E-state index contributed by atoms with van der Waals surface area (Å²) in [6.45, 7) is -0.300. The van der Waals surface area contributed by atoms with Gasteiger partial charge in [0.2, 0.25) is 5.91 Å². The molecule has 0 saturated carbocycles. The number of halogens is 2. The lowest BCUT2D eigenvalue weighted by atomic mass is 10.1. The van der Waals surface area contributed by atoms with Crippen LogP contribution in [0.1, 0.15) is 30.5 Å². The smallest absolute Gasteiger partial charge is 0.277 e. The molecule has 1 aliphatic carbocycles. The summed E-state index contributed by atoms with van der Waals surface area (Å²) in [6, 6.07) is 2.80. The number of benzene rings is 1. The van der Waals surface area contributed by atoms with Crippen molar-refractivity contribution in [2.75, 3.05) is 5.32 Å². The zero-order valence-corrected chi connectivity index (χ0v) is 14.5. The number of carbonyl (C=O) groups excluding carboxylic acids is 1. The van der Waals surface area contributed by atoms with Gasteiger partial charge >= 0.3 is 0 Å². The van der Waals surface area contributed by atoms with E-state index in [1.165, 1.54) is 10.8 Å². The predicted molar refractivity (Wildman–Crippen MR) is 95.7 cm³/mol. The quantitative estimate of drug-likeness (QED) is 0.719. The van der Waals surface area contributed by atoms with Crippen molar-refractivity contribution < 1.29 is 13.6 Å². The average molecular weight is 372 g/mol. The average Bonchev–Trinajstić information content (AvgIpc) is 2.83. The maximum absolute atomic E-state index is 13.7. The second kappa shape index (κ2) is 6.94. The topological polar surface area (TPSA) is 68.4 Å². The highest BCUT2D eigenvalue weighted by molar-refractivity contribution is 5.90. The van der Waals surface area contributed by atoms with E-state index in [-0.39, 0.29) is 17.8 Å². The van der Waals surface area contributed by atoms with Gasteiger partial charge in [-0.1, -0.05) is 6.42 Å². The van der Waals surface area contributed by atoms with E-state index >= 15 is 0 Å². The summed E-state index contributed by atoms with van der Waals surface area (Å²) in [5.74, 6) is -2.02. The number of nitrogens with one attached hydrogen (secondary N) is 1. The van der Waals surface area contributed by atoms with Crippen molar-refractivity contribution in [3.05, 3.63) is 63.8 Å². The van der Waals surface area contributed by atoms with Gasteiger partial charge in [-0.3, -0.25) is 9.59 Å². The number of nitrogens with zero attached hydrogens (tertiary/aromatic N) is 3. The van der Waals surface area contributed by atoms with Crippen molar-refractivity contribution in [2.24, 2.45) is 0 Å². The molecule has 4 rings (SSSR count). The number of fused-ring (bicyclic) bond motifs is 3. The van der Waals surface area contributed by atoms with Crippen LogP contribution < -0.4 is 10.9 Å². The number of aromatic nitrogens is 3. The van der Waals surface area contributed by atoms with Crippen LogP contribution in [0.3, 0.4) is 0 Å². The summed E-state index contributed by atoms with van der Waals surface area (Å²) in [6.07, 6.45) is 7.90. The monoisotopic (exact) mass is 372 g/mol. The van der Waals surface area contributed by atoms with Crippen LogP contribution in [-0.2, 0) is 24.2 Å².